The summed E-state index contributed by atoms with van der Waals surface area (Å²) >= 11 is 0. The SMILES string of the molecule is C#CC(C)(C)NS(=O)(=O)c1cn(C)cn1. The number of aromatic nitrogens is 2. The van der Waals surface area contributed by atoms with Gasteiger partial charge in [0.25, 0.3) is 10.0 Å². The Morgan fingerprint density at radius 2 is 2.20 bits per heavy atom. The molecule has 0 bridgehead atoms. The van der Waals surface area contributed by atoms with Gasteiger partial charge in [-0.1, -0.05) is 5.92 Å². The van der Waals surface area contributed by atoms with Gasteiger partial charge in [-0.2, -0.15) is 4.72 Å². The van der Waals surface area contributed by atoms with Gasteiger partial charge in [0.15, 0.2) is 5.03 Å². The molecule has 0 saturated heterocycles. The molecule has 0 spiro atoms. The number of sulfonamides is 1. The molecule has 1 N–H and O–H groups in total. The highest BCUT2D eigenvalue weighted by Gasteiger charge is 2.25. The Balaban J connectivity index is 3.01. The van der Waals surface area contributed by atoms with Gasteiger partial charge in [-0.25, -0.2) is 13.4 Å². The predicted octanol–water partition coefficient (Wildman–Crippen LogP) is 0.110. The molecule has 82 valence electrons. The van der Waals surface area contributed by atoms with Crippen molar-refractivity contribution < 1.29 is 8.42 Å². The monoisotopic (exact) mass is 227 g/mol. The summed E-state index contributed by atoms with van der Waals surface area (Å²) in [5.74, 6) is 2.35. The van der Waals surface area contributed by atoms with Gasteiger partial charge in [-0.15, -0.1) is 6.42 Å². The Labute approximate surface area is 89.6 Å². The van der Waals surface area contributed by atoms with Gasteiger partial charge in [-0.05, 0) is 13.8 Å². The van der Waals surface area contributed by atoms with E-state index in [0.717, 1.165) is 0 Å². The van der Waals surface area contributed by atoms with Crippen LogP contribution in [0.2, 0.25) is 0 Å². The largest absolute Gasteiger partial charge is 0.339 e. The lowest BCUT2D eigenvalue weighted by atomic mass is 10.1. The molecule has 0 aliphatic heterocycles. The number of terminal acetylenes is 1. The summed E-state index contributed by atoms with van der Waals surface area (Å²) in [6.07, 6.45) is 8.02. The first-order valence-electron chi connectivity index (χ1n) is 4.26. The molecule has 0 aliphatic carbocycles. The van der Waals surface area contributed by atoms with Gasteiger partial charge < -0.3 is 4.57 Å². The van der Waals surface area contributed by atoms with Crippen LogP contribution in [-0.4, -0.2) is 23.5 Å². The van der Waals surface area contributed by atoms with E-state index in [4.69, 9.17) is 6.42 Å². The summed E-state index contributed by atoms with van der Waals surface area (Å²) in [5.41, 5.74) is -0.920. The maximum atomic E-state index is 11.7. The van der Waals surface area contributed by atoms with Crippen molar-refractivity contribution in [2.24, 2.45) is 7.05 Å². The molecule has 0 atom stereocenters. The van der Waals surface area contributed by atoms with Crippen LogP contribution in [0.15, 0.2) is 17.6 Å². The molecule has 0 aromatic carbocycles. The molecule has 0 unspecified atom stereocenters. The van der Waals surface area contributed by atoms with E-state index in [1.165, 1.54) is 12.5 Å². The lowest BCUT2D eigenvalue weighted by Gasteiger charge is -2.18. The first kappa shape index (κ1) is 11.8. The number of hydrogen-bond acceptors (Lipinski definition) is 3. The van der Waals surface area contributed by atoms with Crippen LogP contribution >= 0.6 is 0 Å². The van der Waals surface area contributed by atoms with E-state index >= 15 is 0 Å². The Kier molecular flexibility index (Phi) is 2.88. The highest BCUT2D eigenvalue weighted by Crippen LogP contribution is 2.09. The van der Waals surface area contributed by atoms with Crippen LogP contribution in [-0.2, 0) is 17.1 Å². The quantitative estimate of drug-likeness (QED) is 0.745. The van der Waals surface area contributed by atoms with E-state index in [1.54, 1.807) is 25.5 Å². The zero-order valence-corrected chi connectivity index (χ0v) is 9.67. The van der Waals surface area contributed by atoms with Crippen LogP contribution in [0.5, 0.6) is 0 Å². The van der Waals surface area contributed by atoms with E-state index in [9.17, 15) is 8.42 Å². The molecular weight excluding hydrogens is 214 g/mol. The summed E-state index contributed by atoms with van der Waals surface area (Å²) in [7, 11) is -1.94. The number of nitrogens with one attached hydrogen (secondary N) is 1. The van der Waals surface area contributed by atoms with Crippen LogP contribution in [0.1, 0.15) is 13.8 Å². The number of imidazole rings is 1. The van der Waals surface area contributed by atoms with E-state index in [0.29, 0.717) is 0 Å². The minimum absolute atomic E-state index is 0.0340. The highest BCUT2D eigenvalue weighted by molar-refractivity contribution is 7.89. The van der Waals surface area contributed by atoms with Crippen LogP contribution in [0.4, 0.5) is 0 Å². The average Bonchev–Trinajstić information content (AvgIpc) is 2.51. The summed E-state index contributed by atoms with van der Waals surface area (Å²) in [5, 5.41) is -0.0340. The van der Waals surface area contributed by atoms with E-state index in [-0.39, 0.29) is 5.03 Å². The molecule has 0 saturated carbocycles. The third kappa shape index (κ3) is 2.81. The Morgan fingerprint density at radius 1 is 1.60 bits per heavy atom. The molecule has 0 amide bonds. The van der Waals surface area contributed by atoms with Crippen LogP contribution in [0, 0.1) is 12.3 Å². The zero-order chi connectivity index (χ0) is 11.7. The normalized spacial score (nSPS) is 12.4. The molecule has 5 nitrogen and oxygen atoms in total. The third-order valence-corrected chi connectivity index (χ3v) is 3.25. The lowest BCUT2D eigenvalue weighted by Crippen LogP contribution is -2.42. The third-order valence-electron chi connectivity index (χ3n) is 1.71. The predicted molar refractivity (Wildman–Crippen MR) is 56.4 cm³/mol. The van der Waals surface area contributed by atoms with Crippen LogP contribution in [0.3, 0.4) is 0 Å². The Bertz CT molecular complexity index is 494. The number of aryl methyl sites for hydroxylation is 1. The fraction of sp³-hybridized carbons (Fsp3) is 0.444. The molecule has 1 aromatic rings. The van der Waals surface area contributed by atoms with Crippen molar-refractivity contribution in [3.05, 3.63) is 12.5 Å². The van der Waals surface area contributed by atoms with Crippen molar-refractivity contribution in [2.75, 3.05) is 0 Å². The van der Waals surface area contributed by atoms with E-state index in [2.05, 4.69) is 15.6 Å². The van der Waals surface area contributed by atoms with Crippen molar-refractivity contribution >= 4 is 10.0 Å². The smallest absolute Gasteiger partial charge is 0.260 e. The van der Waals surface area contributed by atoms with Gasteiger partial charge in [-0.3, -0.25) is 0 Å². The number of hydrogen-bond donors (Lipinski definition) is 1. The van der Waals surface area contributed by atoms with Crippen molar-refractivity contribution in [1.29, 1.82) is 0 Å². The van der Waals surface area contributed by atoms with Crippen LogP contribution < -0.4 is 4.72 Å². The molecule has 0 aliphatic rings. The minimum atomic E-state index is -3.63. The minimum Gasteiger partial charge on any atom is -0.339 e. The summed E-state index contributed by atoms with van der Waals surface area (Å²) in [4.78, 5) is 3.75. The first-order chi connectivity index (χ1) is 6.77. The standard InChI is InChI=1S/C9H13N3O2S/c1-5-9(2,3)11-15(13,14)8-6-12(4)7-10-8/h1,6-7,11H,2-4H3. The topological polar surface area (TPSA) is 64.0 Å². The molecule has 0 radical (unpaired) electrons. The Morgan fingerprint density at radius 3 is 2.60 bits per heavy atom. The molecule has 0 fully saturated rings. The summed E-state index contributed by atoms with van der Waals surface area (Å²) in [6.45, 7) is 3.21. The number of nitrogens with zero attached hydrogens (tertiary/aromatic N) is 2. The molecule has 1 heterocycles. The lowest BCUT2D eigenvalue weighted by molar-refractivity contribution is 0.536. The van der Waals surface area contributed by atoms with Gasteiger partial charge in [0.2, 0.25) is 0 Å². The van der Waals surface area contributed by atoms with E-state index in [1.807, 2.05) is 0 Å². The maximum Gasteiger partial charge on any atom is 0.260 e. The Hall–Kier alpha value is -1.32. The maximum absolute atomic E-state index is 11.7. The molecule has 1 rings (SSSR count). The molecule has 15 heavy (non-hydrogen) atoms. The summed E-state index contributed by atoms with van der Waals surface area (Å²) < 4.78 is 27.4. The van der Waals surface area contributed by atoms with Gasteiger partial charge in [0, 0.05) is 13.2 Å². The van der Waals surface area contributed by atoms with Gasteiger partial charge >= 0.3 is 0 Å². The van der Waals surface area contributed by atoms with Crippen molar-refractivity contribution in [1.82, 2.24) is 14.3 Å². The highest BCUT2D eigenvalue weighted by atomic mass is 32.2. The van der Waals surface area contributed by atoms with Crippen molar-refractivity contribution in [2.45, 2.75) is 24.4 Å². The second-order valence-electron chi connectivity index (χ2n) is 3.75. The van der Waals surface area contributed by atoms with Gasteiger partial charge in [0.1, 0.15) is 0 Å². The van der Waals surface area contributed by atoms with Crippen molar-refractivity contribution in [3.8, 4) is 12.3 Å². The fourth-order valence-electron chi connectivity index (χ4n) is 0.945. The van der Waals surface area contributed by atoms with Gasteiger partial charge in [0.05, 0.1) is 11.9 Å². The van der Waals surface area contributed by atoms with Crippen molar-refractivity contribution in [3.63, 3.8) is 0 Å². The first-order valence-corrected chi connectivity index (χ1v) is 5.75. The van der Waals surface area contributed by atoms with Crippen LogP contribution in [0.25, 0.3) is 0 Å². The van der Waals surface area contributed by atoms with E-state index < -0.39 is 15.6 Å². The molecule has 1 aromatic heterocycles. The molecular formula is C9H13N3O2S. The number of rotatable bonds is 3. The second-order valence-corrected chi connectivity index (χ2v) is 5.38. The summed E-state index contributed by atoms with van der Waals surface area (Å²) in [6, 6.07) is 0. The fourth-order valence-corrected chi connectivity index (χ4v) is 2.27. The molecule has 6 heteroatoms. The second kappa shape index (κ2) is 3.68. The zero-order valence-electron chi connectivity index (χ0n) is 8.85. The average molecular weight is 227 g/mol.